The average Bonchev–Trinajstić information content (AvgIpc) is 2.52. The third kappa shape index (κ3) is 3.76. The van der Waals surface area contributed by atoms with Crippen molar-refractivity contribution in [1.82, 2.24) is 0 Å². The zero-order valence-electron chi connectivity index (χ0n) is 11.8. The molecule has 0 atom stereocenters. The third-order valence-electron chi connectivity index (χ3n) is 3.32. The zero-order valence-corrected chi connectivity index (χ0v) is 13.3. The summed E-state index contributed by atoms with van der Waals surface area (Å²) in [5.74, 6) is 0. The molecule has 0 amide bonds. The maximum absolute atomic E-state index is 13.3. The highest BCUT2D eigenvalue weighted by Crippen LogP contribution is 2.39. The second-order valence-corrected chi connectivity index (χ2v) is 5.50. The van der Waals surface area contributed by atoms with Crippen molar-refractivity contribution in [3.05, 3.63) is 58.7 Å². The van der Waals surface area contributed by atoms with Crippen molar-refractivity contribution in [2.75, 3.05) is 0 Å². The van der Waals surface area contributed by atoms with Gasteiger partial charge in [0.15, 0.2) is 0 Å². The minimum absolute atomic E-state index is 0.0332. The van der Waals surface area contributed by atoms with Crippen molar-refractivity contribution in [2.45, 2.75) is 12.9 Å². The molecule has 0 aliphatic carbocycles. The van der Waals surface area contributed by atoms with Crippen molar-refractivity contribution < 1.29 is 27.2 Å². The van der Waals surface area contributed by atoms with Crippen molar-refractivity contribution in [2.24, 2.45) is 0 Å². The Hall–Kier alpha value is -1.92. The maximum Gasteiger partial charge on any atom is 0.417 e. The average molecular weight is 379 g/mol. The summed E-state index contributed by atoms with van der Waals surface area (Å²) in [7, 11) is 0. The van der Waals surface area contributed by atoms with Crippen LogP contribution in [0.25, 0.3) is 11.1 Å². The summed E-state index contributed by atoms with van der Waals surface area (Å²) in [6.07, 6.45) is -4.79. The molecule has 0 bridgehead atoms. The van der Waals surface area contributed by atoms with Crippen LogP contribution in [0, 0.1) is 0 Å². The molecule has 126 valence electrons. The molecule has 0 heterocycles. The first-order valence-electron chi connectivity index (χ1n) is 6.45. The van der Waals surface area contributed by atoms with Crippen LogP contribution in [0.5, 0.6) is 0 Å². The molecular weight excluding hydrogens is 371 g/mol. The summed E-state index contributed by atoms with van der Waals surface area (Å²) < 4.78 is 53.1. The van der Waals surface area contributed by atoms with Gasteiger partial charge < -0.3 is 0 Å². The van der Waals surface area contributed by atoms with E-state index in [4.69, 9.17) is 23.2 Å². The van der Waals surface area contributed by atoms with Gasteiger partial charge in [0.2, 0.25) is 0 Å². The Morgan fingerprint density at radius 2 is 1.38 bits per heavy atom. The predicted octanol–water partition coefficient (Wildman–Crippen LogP) is 5.60. The molecule has 0 spiro atoms. The molecule has 0 saturated heterocycles. The van der Waals surface area contributed by atoms with Crippen LogP contribution in [0.1, 0.15) is 31.8 Å². The number of hydrogen-bond acceptors (Lipinski definition) is 2. The van der Waals surface area contributed by atoms with Crippen LogP contribution in [0.2, 0.25) is 0 Å². The second kappa shape index (κ2) is 6.91. The summed E-state index contributed by atoms with van der Waals surface area (Å²) in [4.78, 5) is 22.2. The number of rotatable bonds is 4. The van der Waals surface area contributed by atoms with Crippen molar-refractivity contribution in [3.8, 4) is 11.1 Å². The van der Waals surface area contributed by atoms with Gasteiger partial charge >= 0.3 is 6.18 Å². The first kappa shape index (κ1) is 18.4. The largest absolute Gasteiger partial charge is 0.417 e. The Morgan fingerprint density at radius 1 is 0.875 bits per heavy atom. The summed E-state index contributed by atoms with van der Waals surface area (Å²) in [6.45, 7) is -1.10. The summed E-state index contributed by atoms with van der Waals surface area (Å²) in [5, 5.41) is -1.89. The number of alkyl halides is 4. The van der Waals surface area contributed by atoms with Gasteiger partial charge in [-0.05, 0) is 64.2 Å². The summed E-state index contributed by atoms with van der Waals surface area (Å²) >= 11 is 10.5. The molecule has 0 N–H and O–H groups in total. The lowest BCUT2D eigenvalue weighted by Gasteiger charge is -2.16. The standard InChI is InChI=1S/C16H8Cl2F4O2/c17-14(23)8-1-3-11(10(5-8)7-19)12-4-2-9(15(18)24)6-13(12)16(20,21)22/h1-6H,7H2. The van der Waals surface area contributed by atoms with Crippen LogP contribution in [0.3, 0.4) is 0 Å². The maximum atomic E-state index is 13.3. The quantitative estimate of drug-likeness (QED) is 0.512. The molecule has 0 aliphatic rings. The van der Waals surface area contributed by atoms with Gasteiger partial charge in [-0.2, -0.15) is 13.2 Å². The molecule has 0 saturated carbocycles. The van der Waals surface area contributed by atoms with Gasteiger partial charge in [-0.15, -0.1) is 0 Å². The minimum Gasteiger partial charge on any atom is -0.276 e. The summed E-state index contributed by atoms with van der Waals surface area (Å²) in [6, 6.07) is 6.22. The molecule has 8 heteroatoms. The fourth-order valence-corrected chi connectivity index (χ4v) is 2.46. The fourth-order valence-electron chi connectivity index (χ4n) is 2.23. The smallest absolute Gasteiger partial charge is 0.276 e. The van der Waals surface area contributed by atoms with Gasteiger partial charge in [-0.1, -0.05) is 12.1 Å². The minimum atomic E-state index is -4.79. The lowest BCUT2D eigenvalue weighted by molar-refractivity contribution is -0.137. The van der Waals surface area contributed by atoms with Gasteiger partial charge in [-0.25, -0.2) is 4.39 Å². The SMILES string of the molecule is O=C(Cl)c1ccc(-c2ccc(C(=O)Cl)cc2C(F)(F)F)c(CF)c1. The zero-order chi connectivity index (χ0) is 18.1. The van der Waals surface area contributed by atoms with Gasteiger partial charge in [0, 0.05) is 11.1 Å². The Bertz CT molecular complexity index is 816. The molecule has 0 aromatic heterocycles. The fraction of sp³-hybridized carbons (Fsp3) is 0.125. The van der Waals surface area contributed by atoms with Crippen LogP contribution >= 0.6 is 23.2 Å². The Labute approximate surface area is 144 Å². The molecule has 2 rings (SSSR count). The molecule has 0 fully saturated rings. The molecule has 2 aromatic rings. The van der Waals surface area contributed by atoms with Crippen LogP contribution < -0.4 is 0 Å². The highest BCUT2D eigenvalue weighted by molar-refractivity contribution is 6.68. The molecule has 0 radical (unpaired) electrons. The van der Waals surface area contributed by atoms with E-state index in [0.717, 1.165) is 18.2 Å². The van der Waals surface area contributed by atoms with Gasteiger partial charge in [-0.3, -0.25) is 9.59 Å². The van der Waals surface area contributed by atoms with E-state index in [0.29, 0.717) is 6.07 Å². The van der Waals surface area contributed by atoms with Crippen molar-refractivity contribution in [3.63, 3.8) is 0 Å². The van der Waals surface area contributed by atoms with Crippen LogP contribution in [-0.2, 0) is 12.9 Å². The second-order valence-electron chi connectivity index (χ2n) is 4.81. The van der Waals surface area contributed by atoms with Crippen LogP contribution in [-0.4, -0.2) is 10.5 Å². The van der Waals surface area contributed by atoms with Crippen molar-refractivity contribution >= 4 is 33.7 Å². The lowest BCUT2D eigenvalue weighted by Crippen LogP contribution is -2.09. The molecular formula is C16H8Cl2F4O2. The molecule has 2 nitrogen and oxygen atoms in total. The highest BCUT2D eigenvalue weighted by Gasteiger charge is 2.35. The van der Waals surface area contributed by atoms with E-state index < -0.39 is 28.9 Å². The molecule has 0 unspecified atom stereocenters. The number of carbonyl (C=O) groups is 2. The predicted molar refractivity (Wildman–Crippen MR) is 82.1 cm³/mol. The highest BCUT2D eigenvalue weighted by atomic mass is 35.5. The summed E-state index contributed by atoms with van der Waals surface area (Å²) in [5.41, 5.74) is -2.01. The third-order valence-corrected chi connectivity index (χ3v) is 3.75. The van der Waals surface area contributed by atoms with E-state index in [1.807, 2.05) is 0 Å². The Morgan fingerprint density at radius 3 is 1.83 bits per heavy atom. The number of hydrogen-bond donors (Lipinski definition) is 0. The number of halogens is 6. The lowest BCUT2D eigenvalue weighted by atomic mass is 9.93. The molecule has 24 heavy (non-hydrogen) atoms. The number of benzene rings is 2. The van der Waals surface area contributed by atoms with Crippen LogP contribution in [0.4, 0.5) is 17.6 Å². The van der Waals surface area contributed by atoms with E-state index in [9.17, 15) is 27.2 Å². The Kier molecular flexibility index (Phi) is 5.30. The van der Waals surface area contributed by atoms with Gasteiger partial charge in [0.25, 0.3) is 10.5 Å². The van der Waals surface area contributed by atoms with E-state index >= 15 is 0 Å². The molecule has 0 aliphatic heterocycles. The van der Waals surface area contributed by atoms with Crippen LogP contribution in [0.15, 0.2) is 36.4 Å². The van der Waals surface area contributed by atoms with E-state index in [1.54, 1.807) is 0 Å². The van der Waals surface area contributed by atoms with E-state index in [1.165, 1.54) is 12.1 Å². The monoisotopic (exact) mass is 378 g/mol. The van der Waals surface area contributed by atoms with E-state index in [-0.39, 0.29) is 27.8 Å². The topological polar surface area (TPSA) is 34.1 Å². The Balaban J connectivity index is 2.72. The molecule has 2 aromatic carbocycles. The van der Waals surface area contributed by atoms with Gasteiger partial charge in [0.1, 0.15) is 6.67 Å². The number of carbonyl (C=O) groups excluding carboxylic acids is 2. The van der Waals surface area contributed by atoms with Crippen molar-refractivity contribution in [1.29, 1.82) is 0 Å². The normalized spacial score (nSPS) is 11.4. The first-order chi connectivity index (χ1) is 11.1. The first-order valence-corrected chi connectivity index (χ1v) is 7.21. The van der Waals surface area contributed by atoms with Gasteiger partial charge in [0.05, 0.1) is 5.56 Å². The van der Waals surface area contributed by atoms with E-state index in [2.05, 4.69) is 0 Å².